The van der Waals surface area contributed by atoms with Crippen LogP contribution in [0.25, 0.3) is 0 Å². The third-order valence-electron chi connectivity index (χ3n) is 2.73. The lowest BCUT2D eigenvalue weighted by Gasteiger charge is -2.32. The molecule has 0 aliphatic carbocycles. The fourth-order valence-electron chi connectivity index (χ4n) is 1.20. The van der Waals surface area contributed by atoms with Crippen molar-refractivity contribution in [1.29, 1.82) is 0 Å². The summed E-state index contributed by atoms with van der Waals surface area (Å²) in [6, 6.07) is 2.54. The molecule has 3 nitrogen and oxygen atoms in total. The SMILES string of the molecule is CN(C(C)(C)CBr)S(=O)(=O)c1ccc(F)c(F)c1. The molecule has 1 rings (SSSR count). The quantitative estimate of drug-likeness (QED) is 0.789. The molecule has 0 aliphatic rings. The second-order valence-electron chi connectivity index (χ2n) is 4.49. The van der Waals surface area contributed by atoms with Gasteiger partial charge in [0.1, 0.15) is 0 Å². The highest BCUT2D eigenvalue weighted by Gasteiger charge is 2.33. The summed E-state index contributed by atoms with van der Waals surface area (Å²) in [4.78, 5) is -0.266. The molecule has 0 atom stereocenters. The van der Waals surface area contributed by atoms with Gasteiger partial charge in [0.15, 0.2) is 11.6 Å². The molecule has 7 heteroatoms. The largest absolute Gasteiger partial charge is 0.243 e. The van der Waals surface area contributed by atoms with Crippen molar-refractivity contribution in [3.63, 3.8) is 0 Å². The van der Waals surface area contributed by atoms with Crippen molar-refractivity contribution in [3.8, 4) is 0 Å². The Bertz CT molecular complexity index is 546. The minimum atomic E-state index is -3.85. The van der Waals surface area contributed by atoms with Crippen molar-refractivity contribution in [3.05, 3.63) is 29.8 Å². The maximum Gasteiger partial charge on any atom is 0.243 e. The van der Waals surface area contributed by atoms with Crippen molar-refractivity contribution < 1.29 is 17.2 Å². The Hall–Kier alpha value is -0.530. The molecule has 1 aromatic carbocycles. The van der Waals surface area contributed by atoms with Crippen molar-refractivity contribution in [2.24, 2.45) is 0 Å². The first-order chi connectivity index (χ1) is 8.13. The zero-order valence-electron chi connectivity index (χ0n) is 10.2. The van der Waals surface area contributed by atoms with E-state index >= 15 is 0 Å². The number of hydrogen-bond donors (Lipinski definition) is 0. The number of hydrogen-bond acceptors (Lipinski definition) is 2. The Morgan fingerprint density at radius 2 is 1.83 bits per heavy atom. The molecule has 0 bridgehead atoms. The van der Waals surface area contributed by atoms with Gasteiger partial charge in [-0.1, -0.05) is 15.9 Å². The average molecular weight is 342 g/mol. The standard InChI is InChI=1S/C11H14BrF2NO2S/c1-11(2,7-12)15(3)18(16,17)8-4-5-9(13)10(14)6-8/h4-6H,7H2,1-3H3. The molecule has 0 saturated carbocycles. The first-order valence-corrected chi connectivity index (χ1v) is 7.69. The van der Waals surface area contributed by atoms with Gasteiger partial charge >= 0.3 is 0 Å². The molecule has 0 aromatic heterocycles. The minimum Gasteiger partial charge on any atom is -0.207 e. The summed E-state index contributed by atoms with van der Waals surface area (Å²) in [7, 11) is -2.45. The summed E-state index contributed by atoms with van der Waals surface area (Å²) in [6.45, 7) is 3.44. The molecule has 0 heterocycles. The third-order valence-corrected chi connectivity index (χ3v) is 6.17. The molecule has 18 heavy (non-hydrogen) atoms. The molecule has 102 valence electrons. The lowest BCUT2D eigenvalue weighted by molar-refractivity contribution is 0.299. The van der Waals surface area contributed by atoms with E-state index < -0.39 is 27.2 Å². The number of benzene rings is 1. The van der Waals surface area contributed by atoms with Crippen molar-refractivity contribution in [1.82, 2.24) is 4.31 Å². The van der Waals surface area contributed by atoms with Crippen LogP contribution in [0.4, 0.5) is 8.78 Å². The third kappa shape index (κ3) is 2.89. The van der Waals surface area contributed by atoms with Gasteiger partial charge in [-0.25, -0.2) is 17.2 Å². The summed E-state index contributed by atoms with van der Waals surface area (Å²) in [5.41, 5.74) is -0.677. The predicted molar refractivity (Wildman–Crippen MR) is 69.2 cm³/mol. The van der Waals surface area contributed by atoms with Gasteiger partial charge < -0.3 is 0 Å². The van der Waals surface area contributed by atoms with Crippen LogP contribution >= 0.6 is 15.9 Å². The molecule has 0 fully saturated rings. The second kappa shape index (κ2) is 5.22. The zero-order valence-corrected chi connectivity index (χ0v) is 12.6. The van der Waals surface area contributed by atoms with Crippen LogP contribution in [0.5, 0.6) is 0 Å². The normalized spacial score (nSPS) is 13.1. The molecule has 0 saturated heterocycles. The van der Waals surface area contributed by atoms with E-state index in [9.17, 15) is 17.2 Å². The molecule has 0 radical (unpaired) electrons. The predicted octanol–water partition coefficient (Wildman–Crippen LogP) is 2.76. The van der Waals surface area contributed by atoms with Crippen LogP contribution in [0.3, 0.4) is 0 Å². The van der Waals surface area contributed by atoms with Crippen LogP contribution in [-0.2, 0) is 10.0 Å². The van der Waals surface area contributed by atoms with Crippen LogP contribution in [0.15, 0.2) is 23.1 Å². The van der Waals surface area contributed by atoms with Gasteiger partial charge in [0.2, 0.25) is 10.0 Å². The van der Waals surface area contributed by atoms with Gasteiger partial charge in [0, 0.05) is 17.9 Å². The van der Waals surface area contributed by atoms with Gasteiger partial charge in [0.25, 0.3) is 0 Å². The molecule has 0 spiro atoms. The monoisotopic (exact) mass is 341 g/mol. The summed E-state index contributed by atoms with van der Waals surface area (Å²) in [6.07, 6.45) is 0. The van der Waals surface area contributed by atoms with Gasteiger partial charge in [-0.2, -0.15) is 4.31 Å². The molecule has 0 aliphatic heterocycles. The molecule has 0 N–H and O–H groups in total. The molecule has 0 amide bonds. The van der Waals surface area contributed by atoms with Crippen molar-refractivity contribution >= 4 is 26.0 Å². The lowest BCUT2D eigenvalue weighted by Crippen LogP contribution is -2.46. The van der Waals surface area contributed by atoms with E-state index in [-0.39, 0.29) is 4.90 Å². The zero-order chi connectivity index (χ0) is 14.1. The minimum absolute atomic E-state index is 0.266. The van der Waals surface area contributed by atoms with E-state index in [0.29, 0.717) is 11.4 Å². The maximum absolute atomic E-state index is 13.1. The van der Waals surface area contributed by atoms with E-state index in [1.807, 2.05) is 0 Å². The second-order valence-corrected chi connectivity index (χ2v) is 7.02. The number of rotatable bonds is 4. The van der Waals surface area contributed by atoms with Crippen molar-refractivity contribution in [2.45, 2.75) is 24.3 Å². The Morgan fingerprint density at radius 1 is 1.28 bits per heavy atom. The van der Waals surface area contributed by atoms with Crippen LogP contribution in [0.2, 0.25) is 0 Å². The summed E-state index contributed by atoms with van der Waals surface area (Å²) < 4.78 is 51.4. The highest BCUT2D eigenvalue weighted by Crippen LogP contribution is 2.25. The first-order valence-electron chi connectivity index (χ1n) is 5.13. The first kappa shape index (κ1) is 15.5. The molecular formula is C11H14BrF2NO2S. The number of alkyl halides is 1. The van der Waals surface area contributed by atoms with Gasteiger partial charge in [-0.05, 0) is 32.0 Å². The Kier molecular flexibility index (Phi) is 4.51. The average Bonchev–Trinajstić information content (AvgIpc) is 2.31. The fourth-order valence-corrected chi connectivity index (χ4v) is 3.27. The van der Waals surface area contributed by atoms with E-state index in [1.165, 1.54) is 7.05 Å². The number of sulfonamides is 1. The summed E-state index contributed by atoms with van der Waals surface area (Å²) in [5, 5.41) is 0.416. The summed E-state index contributed by atoms with van der Waals surface area (Å²) in [5.74, 6) is -2.25. The molecule has 0 unspecified atom stereocenters. The van der Waals surface area contributed by atoms with Gasteiger partial charge in [-0.3, -0.25) is 0 Å². The van der Waals surface area contributed by atoms with E-state index in [2.05, 4.69) is 15.9 Å². The van der Waals surface area contributed by atoms with Crippen LogP contribution < -0.4 is 0 Å². The van der Waals surface area contributed by atoms with E-state index in [4.69, 9.17) is 0 Å². The summed E-state index contributed by atoms with van der Waals surface area (Å²) >= 11 is 3.22. The lowest BCUT2D eigenvalue weighted by atomic mass is 10.1. The van der Waals surface area contributed by atoms with Crippen LogP contribution in [0, 0.1) is 11.6 Å². The van der Waals surface area contributed by atoms with E-state index in [0.717, 1.165) is 16.4 Å². The van der Waals surface area contributed by atoms with Crippen LogP contribution in [0.1, 0.15) is 13.8 Å². The molecule has 1 aromatic rings. The topological polar surface area (TPSA) is 37.4 Å². The number of nitrogens with zero attached hydrogens (tertiary/aromatic N) is 1. The van der Waals surface area contributed by atoms with Crippen LogP contribution in [-0.4, -0.2) is 30.6 Å². The molecular weight excluding hydrogens is 328 g/mol. The smallest absolute Gasteiger partial charge is 0.207 e. The fraction of sp³-hybridized carbons (Fsp3) is 0.455. The highest BCUT2D eigenvalue weighted by molar-refractivity contribution is 9.09. The Morgan fingerprint density at radius 3 is 2.28 bits per heavy atom. The Labute approximate surface area is 114 Å². The van der Waals surface area contributed by atoms with E-state index in [1.54, 1.807) is 13.8 Å². The maximum atomic E-state index is 13.1. The Balaban J connectivity index is 3.26. The van der Waals surface area contributed by atoms with Crippen molar-refractivity contribution in [2.75, 3.05) is 12.4 Å². The van der Waals surface area contributed by atoms with Gasteiger partial charge in [-0.15, -0.1) is 0 Å². The van der Waals surface area contributed by atoms with Gasteiger partial charge in [0.05, 0.1) is 4.90 Å². The highest BCUT2D eigenvalue weighted by atomic mass is 79.9. The number of halogens is 3.